The van der Waals surface area contributed by atoms with Crippen molar-refractivity contribution in [3.8, 4) is 0 Å². The number of hydrogen-bond donors (Lipinski definition) is 2. The molecule has 0 atom stereocenters. The van der Waals surface area contributed by atoms with E-state index in [1.165, 1.54) is 31.4 Å². The number of carbonyl (C=O) groups is 1. The molecule has 0 aliphatic heterocycles. The van der Waals surface area contributed by atoms with Crippen LogP contribution in [0.25, 0.3) is 11.0 Å². The Labute approximate surface area is 144 Å². The Bertz CT molecular complexity index is 852. The summed E-state index contributed by atoms with van der Waals surface area (Å²) in [6.07, 6.45) is 7.21. The van der Waals surface area contributed by atoms with Crippen molar-refractivity contribution in [1.29, 1.82) is 0 Å². The maximum absolute atomic E-state index is 12.8. The first kappa shape index (κ1) is 14.9. The van der Waals surface area contributed by atoms with Gasteiger partial charge in [0.05, 0.1) is 16.0 Å². The van der Waals surface area contributed by atoms with E-state index in [0.29, 0.717) is 11.0 Å². The fraction of sp³-hybridized carbons (Fsp3) is 0.556. The third-order valence-corrected chi connectivity index (χ3v) is 6.31. The van der Waals surface area contributed by atoms with Crippen molar-refractivity contribution in [2.24, 2.45) is 17.8 Å². The molecule has 25 heavy (non-hydrogen) atoms. The molecule has 1 amide bonds. The van der Waals surface area contributed by atoms with Crippen molar-refractivity contribution in [3.63, 3.8) is 0 Å². The molecule has 2 N–H and O–H groups in total. The van der Waals surface area contributed by atoms with Crippen molar-refractivity contribution in [2.45, 2.75) is 44.1 Å². The number of nitrogens with zero attached hydrogens (tertiary/aromatic N) is 2. The second-order valence-corrected chi connectivity index (χ2v) is 8.20. The largest absolute Gasteiger partial charge is 0.344 e. The molecule has 0 radical (unpaired) electrons. The van der Waals surface area contributed by atoms with Crippen LogP contribution in [0.5, 0.6) is 0 Å². The zero-order chi connectivity index (χ0) is 17.2. The van der Waals surface area contributed by atoms with E-state index in [1.54, 1.807) is 6.07 Å². The molecule has 130 valence electrons. The van der Waals surface area contributed by atoms with E-state index in [4.69, 9.17) is 0 Å². The van der Waals surface area contributed by atoms with E-state index >= 15 is 0 Å². The number of nitrogens with one attached hydrogen (secondary N) is 2. The number of fused-ring (bicyclic) bond motifs is 1. The predicted molar refractivity (Wildman–Crippen MR) is 91.1 cm³/mol. The Balaban J connectivity index is 1.41. The Morgan fingerprint density at radius 1 is 1.20 bits per heavy atom. The Morgan fingerprint density at radius 3 is 2.44 bits per heavy atom. The third kappa shape index (κ3) is 2.41. The first-order chi connectivity index (χ1) is 12.0. The van der Waals surface area contributed by atoms with Crippen LogP contribution in [-0.4, -0.2) is 26.3 Å². The summed E-state index contributed by atoms with van der Waals surface area (Å²) in [4.78, 5) is 30.5. The van der Waals surface area contributed by atoms with E-state index in [2.05, 4.69) is 15.3 Å². The highest BCUT2D eigenvalue weighted by Gasteiger charge is 2.51. The van der Waals surface area contributed by atoms with Gasteiger partial charge in [0.15, 0.2) is 5.82 Å². The number of carbonyl (C=O) groups excluding carboxylic acids is 1. The van der Waals surface area contributed by atoms with Gasteiger partial charge >= 0.3 is 0 Å². The van der Waals surface area contributed by atoms with Gasteiger partial charge in [0.2, 0.25) is 0 Å². The van der Waals surface area contributed by atoms with Crippen molar-refractivity contribution in [2.75, 3.05) is 0 Å². The lowest BCUT2D eigenvalue weighted by molar-refractivity contribution is -0.384. The van der Waals surface area contributed by atoms with Gasteiger partial charge in [0, 0.05) is 17.7 Å². The van der Waals surface area contributed by atoms with Crippen LogP contribution < -0.4 is 5.32 Å². The van der Waals surface area contributed by atoms with E-state index in [1.807, 2.05) is 0 Å². The van der Waals surface area contributed by atoms with Gasteiger partial charge in [-0.25, -0.2) is 4.98 Å². The number of H-pyrrole nitrogens is 1. The number of benzene rings is 1. The van der Waals surface area contributed by atoms with Crippen LogP contribution in [0.15, 0.2) is 18.2 Å². The summed E-state index contributed by atoms with van der Waals surface area (Å²) in [7, 11) is 0. The highest BCUT2D eigenvalue weighted by molar-refractivity contribution is 5.95. The standard InChI is InChI=1S/C18H20N4O3/c23-17(16-19-14-2-1-13(22(24)25)6-15(14)20-16)21-18-7-10-3-11(8-18)5-12(4-10)9-18/h1-2,6,10-12H,3-5,7-9H2,(H,19,20)(H,21,23). The van der Waals surface area contributed by atoms with Gasteiger partial charge in [-0.15, -0.1) is 0 Å². The van der Waals surface area contributed by atoms with Gasteiger partial charge in [0.1, 0.15) is 0 Å². The number of nitro benzene ring substituents is 1. The summed E-state index contributed by atoms with van der Waals surface area (Å²) in [5.74, 6) is 2.31. The lowest BCUT2D eigenvalue weighted by atomic mass is 9.53. The number of rotatable bonds is 3. The lowest BCUT2D eigenvalue weighted by Gasteiger charge is -2.56. The van der Waals surface area contributed by atoms with Crippen molar-refractivity contribution < 1.29 is 9.72 Å². The number of hydrogen-bond acceptors (Lipinski definition) is 4. The van der Waals surface area contributed by atoms with Gasteiger partial charge in [-0.3, -0.25) is 14.9 Å². The molecule has 7 nitrogen and oxygen atoms in total. The fourth-order valence-corrected chi connectivity index (χ4v) is 5.78. The van der Waals surface area contributed by atoms with Crippen molar-refractivity contribution >= 4 is 22.6 Å². The molecule has 4 aliphatic rings. The first-order valence-corrected chi connectivity index (χ1v) is 8.96. The minimum absolute atomic E-state index is 0.0100. The summed E-state index contributed by atoms with van der Waals surface area (Å²) in [5.41, 5.74) is 1.01. The van der Waals surface area contributed by atoms with E-state index < -0.39 is 4.92 Å². The zero-order valence-corrected chi connectivity index (χ0v) is 13.8. The minimum atomic E-state index is -0.449. The quantitative estimate of drug-likeness (QED) is 0.662. The summed E-state index contributed by atoms with van der Waals surface area (Å²) < 4.78 is 0. The Hall–Kier alpha value is -2.44. The van der Waals surface area contributed by atoms with Crippen LogP contribution in [0, 0.1) is 27.9 Å². The van der Waals surface area contributed by atoms with Crippen LogP contribution in [0.4, 0.5) is 5.69 Å². The summed E-state index contributed by atoms with van der Waals surface area (Å²) in [6, 6.07) is 4.40. The molecule has 0 spiro atoms. The summed E-state index contributed by atoms with van der Waals surface area (Å²) in [6.45, 7) is 0. The second-order valence-electron chi connectivity index (χ2n) is 8.20. The SMILES string of the molecule is O=C(NC12CC3CC(CC(C3)C1)C2)c1nc2ccc([N+](=O)[O-])cc2[nH]1. The molecule has 4 saturated carbocycles. The average molecular weight is 340 g/mol. The smallest absolute Gasteiger partial charge is 0.287 e. The van der Waals surface area contributed by atoms with Crippen LogP contribution >= 0.6 is 0 Å². The number of non-ortho nitro benzene ring substituents is 1. The highest BCUT2D eigenvalue weighted by atomic mass is 16.6. The first-order valence-electron chi connectivity index (χ1n) is 8.96. The topological polar surface area (TPSA) is 101 Å². The molecule has 7 heteroatoms. The van der Waals surface area contributed by atoms with Gasteiger partial charge < -0.3 is 10.3 Å². The van der Waals surface area contributed by atoms with Crippen molar-refractivity contribution in [1.82, 2.24) is 15.3 Å². The third-order valence-electron chi connectivity index (χ3n) is 6.31. The average Bonchev–Trinajstić information content (AvgIpc) is 2.96. The number of aromatic amines is 1. The summed E-state index contributed by atoms with van der Waals surface area (Å²) >= 11 is 0. The molecule has 0 saturated heterocycles. The maximum Gasteiger partial charge on any atom is 0.287 e. The van der Waals surface area contributed by atoms with Gasteiger partial charge in [0.25, 0.3) is 11.6 Å². The highest BCUT2D eigenvalue weighted by Crippen LogP contribution is 2.55. The molecule has 4 bridgehead atoms. The number of imidazole rings is 1. The van der Waals surface area contributed by atoms with E-state index in [-0.39, 0.29) is 23.0 Å². The second kappa shape index (κ2) is 5.03. The van der Waals surface area contributed by atoms with E-state index in [0.717, 1.165) is 37.0 Å². The number of nitro groups is 1. The molecular formula is C18H20N4O3. The van der Waals surface area contributed by atoms with Crippen LogP contribution in [0.3, 0.4) is 0 Å². The van der Waals surface area contributed by atoms with Crippen LogP contribution in [-0.2, 0) is 0 Å². The van der Waals surface area contributed by atoms with Gasteiger partial charge in [-0.2, -0.15) is 0 Å². The molecule has 1 aromatic carbocycles. The monoisotopic (exact) mass is 340 g/mol. The Kier molecular flexibility index (Phi) is 2.99. The molecule has 0 unspecified atom stereocenters. The molecule has 2 aromatic rings. The van der Waals surface area contributed by atoms with Crippen LogP contribution in [0.1, 0.15) is 49.1 Å². The Morgan fingerprint density at radius 2 is 1.84 bits per heavy atom. The molecule has 1 heterocycles. The number of aromatic nitrogens is 2. The molecular weight excluding hydrogens is 320 g/mol. The molecule has 4 aliphatic carbocycles. The number of amides is 1. The fourth-order valence-electron chi connectivity index (χ4n) is 5.78. The van der Waals surface area contributed by atoms with Gasteiger partial charge in [-0.1, -0.05) is 0 Å². The van der Waals surface area contributed by atoms with Gasteiger partial charge in [-0.05, 0) is 62.3 Å². The van der Waals surface area contributed by atoms with Crippen LogP contribution in [0.2, 0.25) is 0 Å². The van der Waals surface area contributed by atoms with E-state index in [9.17, 15) is 14.9 Å². The normalized spacial score (nSPS) is 32.9. The molecule has 6 rings (SSSR count). The summed E-state index contributed by atoms with van der Waals surface area (Å²) in [5, 5.41) is 14.2. The zero-order valence-electron chi connectivity index (χ0n) is 13.8. The maximum atomic E-state index is 12.8. The minimum Gasteiger partial charge on any atom is -0.344 e. The molecule has 1 aromatic heterocycles. The van der Waals surface area contributed by atoms with Crippen molar-refractivity contribution in [3.05, 3.63) is 34.1 Å². The predicted octanol–water partition coefficient (Wildman–Crippen LogP) is 3.17. The lowest BCUT2D eigenvalue weighted by Crippen LogP contribution is -2.59. The molecule has 4 fully saturated rings.